The minimum atomic E-state index is -0.439. The minimum absolute atomic E-state index is 0.318. The predicted octanol–water partition coefficient (Wildman–Crippen LogP) is 4.37. The van der Waals surface area contributed by atoms with Crippen molar-refractivity contribution in [2.45, 2.75) is 6.92 Å². The maximum atomic E-state index is 12.7. The Balaban J connectivity index is 1.71. The number of methoxy groups -OCH3 is 2. The van der Waals surface area contributed by atoms with Crippen LogP contribution in [0.3, 0.4) is 0 Å². The zero-order valence-electron chi connectivity index (χ0n) is 16.1. The van der Waals surface area contributed by atoms with Gasteiger partial charge in [-0.15, -0.1) is 0 Å². The normalized spacial score (nSPS) is 10.2. The number of aromatic nitrogens is 1. The SMILES string of the molecule is COc1ccc(OC)c(NC(=O)c2sc(NC(=O)Nc3ccccc3)nc2C)c1. The fraction of sp³-hybridized carbons (Fsp3) is 0.150. The van der Waals surface area contributed by atoms with Crippen molar-refractivity contribution >= 4 is 39.8 Å². The van der Waals surface area contributed by atoms with Gasteiger partial charge in [0, 0.05) is 11.8 Å². The summed E-state index contributed by atoms with van der Waals surface area (Å²) < 4.78 is 10.5. The molecule has 9 heteroatoms. The minimum Gasteiger partial charge on any atom is -0.497 e. The van der Waals surface area contributed by atoms with E-state index in [0.717, 1.165) is 11.3 Å². The van der Waals surface area contributed by atoms with Crippen molar-refractivity contribution in [3.63, 3.8) is 0 Å². The van der Waals surface area contributed by atoms with Gasteiger partial charge in [0.1, 0.15) is 16.4 Å². The molecule has 0 radical (unpaired) electrons. The molecule has 0 aliphatic carbocycles. The monoisotopic (exact) mass is 412 g/mol. The first-order valence-corrected chi connectivity index (χ1v) is 9.45. The van der Waals surface area contributed by atoms with Gasteiger partial charge in [0.25, 0.3) is 5.91 Å². The second-order valence-electron chi connectivity index (χ2n) is 5.90. The predicted molar refractivity (Wildman–Crippen MR) is 113 cm³/mol. The zero-order valence-corrected chi connectivity index (χ0v) is 16.9. The summed E-state index contributed by atoms with van der Waals surface area (Å²) in [5, 5.41) is 8.46. The number of nitrogens with zero attached hydrogens (tertiary/aromatic N) is 1. The van der Waals surface area contributed by atoms with E-state index in [1.54, 1.807) is 44.4 Å². The van der Waals surface area contributed by atoms with E-state index in [4.69, 9.17) is 9.47 Å². The Hall–Kier alpha value is -3.59. The van der Waals surface area contributed by atoms with Crippen LogP contribution in [0.5, 0.6) is 11.5 Å². The lowest BCUT2D eigenvalue weighted by Gasteiger charge is -2.11. The van der Waals surface area contributed by atoms with Crippen LogP contribution in [0.4, 0.5) is 21.3 Å². The van der Waals surface area contributed by atoms with Crippen LogP contribution in [0.15, 0.2) is 48.5 Å². The van der Waals surface area contributed by atoms with Crippen LogP contribution in [-0.2, 0) is 0 Å². The van der Waals surface area contributed by atoms with E-state index in [1.807, 2.05) is 18.2 Å². The molecule has 0 atom stereocenters. The van der Waals surface area contributed by atoms with Gasteiger partial charge in [0.15, 0.2) is 5.13 Å². The summed E-state index contributed by atoms with van der Waals surface area (Å²) in [6, 6.07) is 13.7. The van der Waals surface area contributed by atoms with E-state index in [2.05, 4.69) is 20.9 Å². The molecule has 0 aliphatic heterocycles. The fourth-order valence-corrected chi connectivity index (χ4v) is 3.39. The highest BCUT2D eigenvalue weighted by molar-refractivity contribution is 7.17. The molecular formula is C20H20N4O4S. The van der Waals surface area contributed by atoms with Crippen LogP contribution in [0.25, 0.3) is 0 Å². The Kier molecular flexibility index (Phi) is 6.30. The van der Waals surface area contributed by atoms with Crippen molar-refractivity contribution in [1.29, 1.82) is 0 Å². The standard InChI is InChI=1S/C20H20N4O4S/c1-12-17(18(25)23-15-11-14(27-2)9-10-16(15)28-3)29-20(21-12)24-19(26)22-13-7-5-4-6-8-13/h4-11H,1-3H3,(H,23,25)(H2,21,22,24,26). The van der Waals surface area contributed by atoms with Crippen molar-refractivity contribution in [2.75, 3.05) is 30.2 Å². The van der Waals surface area contributed by atoms with Crippen LogP contribution in [0, 0.1) is 6.92 Å². The van der Waals surface area contributed by atoms with Gasteiger partial charge in [-0.1, -0.05) is 29.5 Å². The number of hydrogen-bond donors (Lipinski definition) is 3. The van der Waals surface area contributed by atoms with Crippen molar-refractivity contribution < 1.29 is 19.1 Å². The molecule has 3 aromatic rings. The number of ether oxygens (including phenoxy) is 2. The van der Waals surface area contributed by atoms with Crippen molar-refractivity contribution in [3.8, 4) is 11.5 Å². The highest BCUT2D eigenvalue weighted by Gasteiger charge is 2.18. The molecule has 0 saturated carbocycles. The van der Waals surface area contributed by atoms with Gasteiger partial charge in [-0.3, -0.25) is 10.1 Å². The van der Waals surface area contributed by atoms with Crippen LogP contribution >= 0.6 is 11.3 Å². The van der Waals surface area contributed by atoms with Crippen molar-refractivity contribution in [1.82, 2.24) is 4.98 Å². The van der Waals surface area contributed by atoms with E-state index in [-0.39, 0.29) is 5.91 Å². The smallest absolute Gasteiger partial charge is 0.325 e. The van der Waals surface area contributed by atoms with Crippen LogP contribution in [-0.4, -0.2) is 31.1 Å². The first kappa shape index (κ1) is 20.2. The molecule has 0 aliphatic rings. The first-order chi connectivity index (χ1) is 14.0. The zero-order chi connectivity index (χ0) is 20.8. The summed E-state index contributed by atoms with van der Waals surface area (Å²) in [6.45, 7) is 1.70. The van der Waals surface area contributed by atoms with Gasteiger partial charge in [-0.2, -0.15) is 0 Å². The second-order valence-corrected chi connectivity index (χ2v) is 6.90. The number of para-hydroxylation sites is 1. The van der Waals surface area contributed by atoms with E-state index in [0.29, 0.717) is 38.6 Å². The lowest BCUT2D eigenvalue weighted by atomic mass is 10.2. The van der Waals surface area contributed by atoms with Crippen LogP contribution in [0.2, 0.25) is 0 Å². The van der Waals surface area contributed by atoms with E-state index in [1.165, 1.54) is 7.11 Å². The average molecular weight is 412 g/mol. The second kappa shape index (κ2) is 9.07. The lowest BCUT2D eigenvalue weighted by Crippen LogP contribution is -2.19. The fourth-order valence-electron chi connectivity index (χ4n) is 2.53. The van der Waals surface area contributed by atoms with Gasteiger partial charge in [-0.25, -0.2) is 9.78 Å². The van der Waals surface area contributed by atoms with Gasteiger partial charge < -0.3 is 20.1 Å². The summed E-state index contributed by atoms with van der Waals surface area (Å²) in [5.74, 6) is 0.729. The molecule has 3 N–H and O–H groups in total. The molecule has 29 heavy (non-hydrogen) atoms. The van der Waals surface area contributed by atoms with Gasteiger partial charge >= 0.3 is 6.03 Å². The number of thiazole rings is 1. The number of anilines is 3. The van der Waals surface area contributed by atoms with Crippen LogP contribution < -0.4 is 25.4 Å². The summed E-state index contributed by atoms with van der Waals surface area (Å²) >= 11 is 1.08. The third-order valence-electron chi connectivity index (χ3n) is 3.91. The number of nitrogens with one attached hydrogen (secondary N) is 3. The molecule has 0 bridgehead atoms. The summed E-state index contributed by atoms with van der Waals surface area (Å²) in [5.41, 5.74) is 1.63. The molecule has 1 aromatic heterocycles. The highest BCUT2D eigenvalue weighted by atomic mass is 32.1. The maximum Gasteiger partial charge on any atom is 0.325 e. The highest BCUT2D eigenvalue weighted by Crippen LogP contribution is 2.31. The number of hydrogen-bond acceptors (Lipinski definition) is 6. The molecule has 3 rings (SSSR count). The Morgan fingerprint density at radius 1 is 0.966 bits per heavy atom. The summed E-state index contributed by atoms with van der Waals surface area (Å²) in [7, 11) is 3.06. The Morgan fingerprint density at radius 3 is 2.41 bits per heavy atom. The topological polar surface area (TPSA) is 102 Å². The van der Waals surface area contributed by atoms with E-state index in [9.17, 15) is 9.59 Å². The number of carbonyl (C=O) groups is 2. The van der Waals surface area contributed by atoms with Gasteiger partial charge in [0.2, 0.25) is 0 Å². The molecule has 8 nitrogen and oxygen atoms in total. The number of carbonyl (C=O) groups excluding carboxylic acids is 2. The molecule has 0 fully saturated rings. The maximum absolute atomic E-state index is 12.7. The van der Waals surface area contributed by atoms with Crippen molar-refractivity contribution in [2.24, 2.45) is 0 Å². The third-order valence-corrected chi connectivity index (χ3v) is 4.98. The average Bonchev–Trinajstić information content (AvgIpc) is 3.08. The molecule has 0 spiro atoms. The number of rotatable bonds is 6. The quantitative estimate of drug-likeness (QED) is 0.558. The Labute approximate surface area is 171 Å². The van der Waals surface area contributed by atoms with Gasteiger partial charge in [0.05, 0.1) is 25.6 Å². The van der Waals surface area contributed by atoms with E-state index < -0.39 is 6.03 Å². The Morgan fingerprint density at radius 2 is 1.72 bits per heavy atom. The largest absolute Gasteiger partial charge is 0.497 e. The molecule has 0 saturated heterocycles. The first-order valence-electron chi connectivity index (χ1n) is 8.64. The molecule has 1 heterocycles. The lowest BCUT2D eigenvalue weighted by molar-refractivity contribution is 0.102. The summed E-state index contributed by atoms with van der Waals surface area (Å²) in [6.07, 6.45) is 0. The Bertz CT molecular complexity index is 1020. The number of urea groups is 1. The molecule has 3 amide bonds. The van der Waals surface area contributed by atoms with E-state index >= 15 is 0 Å². The number of benzene rings is 2. The molecule has 0 unspecified atom stereocenters. The molecule has 2 aromatic carbocycles. The van der Waals surface area contributed by atoms with Crippen LogP contribution in [0.1, 0.15) is 15.4 Å². The molecular weight excluding hydrogens is 392 g/mol. The van der Waals surface area contributed by atoms with Gasteiger partial charge in [-0.05, 0) is 31.2 Å². The van der Waals surface area contributed by atoms with Crippen molar-refractivity contribution in [3.05, 3.63) is 59.1 Å². The molecule has 150 valence electrons. The third kappa shape index (κ3) is 5.02. The number of amides is 3. The number of aryl methyl sites for hydroxylation is 1. The summed E-state index contributed by atoms with van der Waals surface area (Å²) in [4.78, 5) is 29.5.